The number of halogens is 2. The lowest BCUT2D eigenvalue weighted by molar-refractivity contribution is -0.284. The zero-order valence-electron chi connectivity index (χ0n) is 69.2. The quantitative estimate of drug-likeness (QED) is 0.0473. The Bertz CT molecular complexity index is 3650. The van der Waals surface area contributed by atoms with Gasteiger partial charge in [0.25, 0.3) is 11.3 Å². The largest absolute Gasteiger partial charge is 0.456 e. The minimum absolute atomic E-state index is 0.0183. The van der Waals surface area contributed by atoms with Crippen LogP contribution >= 0.6 is 0 Å². The molecule has 26 atom stereocenters. The van der Waals surface area contributed by atoms with Crippen molar-refractivity contribution in [2.45, 2.75) is 300 Å². The first kappa shape index (κ1) is 88.4. The highest BCUT2D eigenvalue weighted by Gasteiger charge is 2.59. The van der Waals surface area contributed by atoms with Crippen molar-refractivity contribution in [1.29, 1.82) is 0 Å². The zero-order valence-corrected chi connectivity index (χ0v) is 69.2. The summed E-state index contributed by atoms with van der Waals surface area (Å²) in [5.74, 6) is -10.3. The van der Waals surface area contributed by atoms with Gasteiger partial charge in [0.1, 0.15) is 42.0 Å². The molecule has 3 N–H and O–H groups in total. The molecule has 6 aliphatic heterocycles. The third-order valence-corrected chi connectivity index (χ3v) is 24.4. The lowest BCUT2D eigenvalue weighted by Gasteiger charge is -2.46. The molecule has 6 aliphatic rings. The van der Waals surface area contributed by atoms with E-state index in [4.69, 9.17) is 37.9 Å². The maximum atomic E-state index is 16.7. The molecule has 27 nitrogen and oxygen atoms in total. The number of esters is 2. The molecule has 6 unspecified atom stereocenters. The first-order valence-corrected chi connectivity index (χ1v) is 40.2. The van der Waals surface area contributed by atoms with E-state index in [2.05, 4.69) is 37.7 Å². The standard InChI is InChI=1S/C42H62FN5O8.C41H60FN5O9/c1-12-32-35-33(48(40(52)55-35)46-17-15-25(4)47-21-31(45-22-47)30-14-13-16-44-20-30)28(7)34(49)24(3)19-41(9,10)37(29(8)36(50)42(11,43)39(51)54-32)56-38-27(6)23(2)18-26(5)53-38;1-11-30-34-31(47(39(52)55-34)45-16-14-24(4)46-20-29(44-21-46)28-13-12-15-43-19-28)26(6)32(48)23(3)18-40(8,9)36(27(7)35(50)41(10,42)38(51)54-30)56-37-33(49)22(2)17-25(5)53-37/h13-14,16,20-29,32-33,35,37-38,46H,12,15,17-19H2,1-11H3;12-13,15,19-27,30-31,33-34,36-37,45,49H,11,14,16-18H2,1-10H3/t23-,24+,25?,26+,27+,28+,29-,32+,33+,35?,37+,38?,42-;22-,23+,24?,25+,26+,27-,30+,31+,33+,34?,36+,37?,41-/m00/s1. The van der Waals surface area contributed by atoms with E-state index in [0.717, 1.165) is 42.8 Å². The Morgan fingerprint density at radius 1 is 0.554 bits per heavy atom. The van der Waals surface area contributed by atoms with Gasteiger partial charge in [-0.05, 0) is 140 Å². The van der Waals surface area contributed by atoms with E-state index in [0.29, 0.717) is 32.4 Å². The van der Waals surface area contributed by atoms with Gasteiger partial charge in [0, 0.05) is 115 Å². The van der Waals surface area contributed by atoms with Crippen molar-refractivity contribution in [1.82, 2.24) is 49.9 Å². The van der Waals surface area contributed by atoms with Gasteiger partial charge in [-0.25, -0.2) is 58.8 Å². The van der Waals surface area contributed by atoms with Crippen LogP contribution in [-0.4, -0.2) is 195 Å². The highest BCUT2D eigenvalue weighted by Crippen LogP contribution is 2.46. The van der Waals surface area contributed by atoms with E-state index in [-0.39, 0.29) is 79.3 Å². The molecule has 10 rings (SSSR count). The average Bonchev–Trinajstić information content (AvgIpc) is 1.78. The van der Waals surface area contributed by atoms with Crippen LogP contribution in [0.2, 0.25) is 0 Å². The number of fused-ring (bicyclic) bond motifs is 2. The van der Waals surface area contributed by atoms with Gasteiger partial charge >= 0.3 is 24.1 Å². The second-order valence-electron chi connectivity index (χ2n) is 34.5. The minimum Gasteiger partial charge on any atom is -0.456 e. The molecule has 620 valence electrons. The fourth-order valence-corrected chi connectivity index (χ4v) is 17.6. The van der Waals surface area contributed by atoms with E-state index < -0.39 is 161 Å². The monoisotopic (exact) mass is 1570 g/mol. The van der Waals surface area contributed by atoms with Crippen LogP contribution in [0.1, 0.15) is 209 Å². The van der Waals surface area contributed by atoms with Gasteiger partial charge in [-0.3, -0.25) is 29.1 Å². The topological polar surface area (TPSA) is 323 Å². The Balaban J connectivity index is 0.000000257. The average molecular weight is 1570 g/mol. The Labute approximate surface area is 658 Å². The lowest BCUT2D eigenvalue weighted by Crippen LogP contribution is -2.57. The SMILES string of the molecule is CC[C@H]1OC(=O)[C@@](C)(F)C(=O)[C@H](C)[C@@H](OC2O[C@H](C)C[C@H](C)[C@H]2C)C(C)(C)C[C@@H](C)C(=O)[C@H](C)[C@@H]2C1OC(=O)N2NCCC(C)n1cnc(-c2cccnc2)c1.CC[C@H]1OC(=O)[C@@](C)(F)C(=O)[C@H](C)[C@@H](OC2O[C@H](C)C[C@H](C)[C@H]2O)C(C)(C)C[C@@H](C)C(=O)[C@H](C)[C@@H]2C1OC(=O)N2NCCC(C)n1cnc(-c2cccnc2)c1. The number of hydrogen-bond donors (Lipinski definition) is 3. The molecule has 4 aromatic heterocycles. The van der Waals surface area contributed by atoms with E-state index in [9.17, 15) is 43.5 Å². The highest BCUT2D eigenvalue weighted by atomic mass is 19.1. The van der Waals surface area contributed by atoms with E-state index in [1.165, 1.54) is 16.9 Å². The second-order valence-corrected chi connectivity index (χ2v) is 34.5. The third-order valence-electron chi connectivity index (χ3n) is 24.4. The van der Waals surface area contributed by atoms with Crippen LogP contribution in [0.3, 0.4) is 0 Å². The number of carbonyl (C=O) groups excluding carboxylic acids is 8. The summed E-state index contributed by atoms with van der Waals surface area (Å²) in [6.07, 6.45) is 6.25. The van der Waals surface area contributed by atoms with Gasteiger partial charge in [-0.2, -0.15) is 0 Å². The number of pyridine rings is 2. The molecule has 0 aliphatic carbocycles. The van der Waals surface area contributed by atoms with Crippen molar-refractivity contribution < 1.29 is 90.1 Å². The minimum atomic E-state index is -3.11. The van der Waals surface area contributed by atoms with Crippen molar-refractivity contribution in [3.05, 3.63) is 74.1 Å². The summed E-state index contributed by atoms with van der Waals surface area (Å²) in [7, 11) is 0. The number of nitrogens with zero attached hydrogens (tertiary/aromatic N) is 8. The number of ether oxygens (including phenoxy) is 8. The number of alkyl halides is 2. The van der Waals surface area contributed by atoms with Gasteiger partial charge in [0.15, 0.2) is 36.4 Å². The summed E-state index contributed by atoms with van der Waals surface area (Å²) >= 11 is 0. The summed E-state index contributed by atoms with van der Waals surface area (Å²) in [6, 6.07) is 5.65. The predicted octanol–water partition coefficient (Wildman–Crippen LogP) is 12.5. The third kappa shape index (κ3) is 19.5. The summed E-state index contributed by atoms with van der Waals surface area (Å²) in [5.41, 5.74) is 1.71. The van der Waals surface area contributed by atoms with Gasteiger partial charge in [-0.1, -0.05) is 104 Å². The number of aliphatic hydroxyl groups excluding tert-OH is 1. The molecular weight excluding hydrogens is 1450 g/mol. The van der Waals surface area contributed by atoms with Crippen LogP contribution in [0.5, 0.6) is 0 Å². The van der Waals surface area contributed by atoms with Crippen molar-refractivity contribution in [2.75, 3.05) is 13.1 Å². The molecule has 0 bridgehead atoms. The fraction of sp³-hybridized carbons (Fsp3) is 0.711. The summed E-state index contributed by atoms with van der Waals surface area (Å²) in [6.45, 7) is 37.2. The molecule has 0 aromatic carbocycles. The Hall–Kier alpha value is -7.54. The molecule has 29 heteroatoms. The molecule has 112 heavy (non-hydrogen) atoms. The number of nitrogens with one attached hydrogen (secondary N) is 2. The number of carbonyl (C=O) groups is 8. The summed E-state index contributed by atoms with van der Waals surface area (Å²) in [5, 5.41) is 13.6. The maximum Gasteiger partial charge on any atom is 0.425 e. The van der Waals surface area contributed by atoms with Crippen LogP contribution in [0.15, 0.2) is 74.1 Å². The molecule has 4 aromatic rings. The summed E-state index contributed by atoms with van der Waals surface area (Å²) in [4.78, 5) is 129. The molecule has 0 saturated carbocycles. The van der Waals surface area contributed by atoms with Crippen molar-refractivity contribution >= 4 is 47.3 Å². The molecule has 10 heterocycles. The van der Waals surface area contributed by atoms with E-state index in [1.54, 1.807) is 79.0 Å². The second kappa shape index (κ2) is 36.5. The normalized spacial score (nSPS) is 36.4. The van der Waals surface area contributed by atoms with Gasteiger partial charge < -0.3 is 52.1 Å². The van der Waals surface area contributed by atoms with Crippen molar-refractivity contribution in [2.24, 2.45) is 64.1 Å². The van der Waals surface area contributed by atoms with Gasteiger partial charge in [0.05, 0.1) is 48.5 Å². The highest BCUT2D eigenvalue weighted by molar-refractivity contribution is 6.08. The Morgan fingerprint density at radius 2 is 0.938 bits per heavy atom. The van der Waals surface area contributed by atoms with Crippen molar-refractivity contribution in [3.63, 3.8) is 0 Å². The van der Waals surface area contributed by atoms with Gasteiger partial charge in [-0.15, -0.1) is 0 Å². The number of imidazole rings is 2. The Morgan fingerprint density at radius 3 is 1.32 bits per heavy atom. The lowest BCUT2D eigenvalue weighted by atomic mass is 9.69. The first-order chi connectivity index (χ1) is 52.6. The summed E-state index contributed by atoms with van der Waals surface area (Å²) < 4.78 is 85.8. The zero-order chi connectivity index (χ0) is 82.5. The van der Waals surface area contributed by atoms with Crippen LogP contribution in [0, 0.1) is 64.1 Å². The number of rotatable bonds is 18. The maximum absolute atomic E-state index is 16.7. The van der Waals surface area contributed by atoms with Crippen LogP contribution < -0.4 is 10.9 Å². The molecular formula is C83H122F2N10O17. The fourth-order valence-electron chi connectivity index (χ4n) is 17.6. The molecule has 0 spiro atoms. The number of Topliss-reactive ketones (excluding diaryl/α,β-unsaturated/α-hetero) is 4. The molecule has 0 radical (unpaired) electrons. The smallest absolute Gasteiger partial charge is 0.425 e. The number of amides is 2. The van der Waals surface area contributed by atoms with Gasteiger partial charge in [0.2, 0.25) is 0 Å². The van der Waals surface area contributed by atoms with Crippen LogP contribution in [0.4, 0.5) is 18.4 Å². The Kier molecular flexibility index (Phi) is 28.8. The van der Waals surface area contributed by atoms with Crippen molar-refractivity contribution in [3.8, 4) is 22.5 Å². The first-order valence-electron chi connectivity index (χ1n) is 40.2. The number of hydrogen-bond acceptors (Lipinski definition) is 23. The number of ketones is 4. The molecule has 6 saturated heterocycles. The number of aromatic nitrogens is 6. The number of hydrazine groups is 2. The van der Waals surface area contributed by atoms with Crippen LogP contribution in [0.25, 0.3) is 22.5 Å². The predicted molar refractivity (Wildman–Crippen MR) is 410 cm³/mol. The molecule has 2 amide bonds. The number of aliphatic hydroxyl groups is 1. The van der Waals surface area contributed by atoms with Crippen LogP contribution in [-0.2, 0) is 66.7 Å². The number of cyclic esters (lactones) is 2. The van der Waals surface area contributed by atoms with E-state index in [1.807, 2.05) is 122 Å². The molecule has 6 fully saturated rings. The van der Waals surface area contributed by atoms with E-state index >= 15 is 8.78 Å².